The van der Waals surface area contributed by atoms with Gasteiger partial charge in [-0.25, -0.2) is 5.48 Å². The molecule has 1 heterocycles. The molecule has 0 saturated heterocycles. The smallest absolute Gasteiger partial charge is 0.164 e. The van der Waals surface area contributed by atoms with Gasteiger partial charge in [0.25, 0.3) is 0 Å². The molecule has 24 heavy (non-hydrogen) atoms. The highest BCUT2D eigenvalue weighted by Gasteiger charge is 2.25. The van der Waals surface area contributed by atoms with Crippen molar-refractivity contribution in [3.05, 3.63) is 89.0 Å². The molecule has 0 fully saturated rings. The molecule has 0 aromatic heterocycles. The van der Waals surface area contributed by atoms with Crippen LogP contribution >= 0.6 is 0 Å². The zero-order chi connectivity index (χ0) is 16.1. The summed E-state index contributed by atoms with van der Waals surface area (Å²) in [4.78, 5) is 5.71. The van der Waals surface area contributed by atoms with E-state index in [4.69, 9.17) is 10.6 Å². The van der Waals surface area contributed by atoms with E-state index in [9.17, 15) is 0 Å². The first-order valence-corrected chi connectivity index (χ1v) is 8.05. The average Bonchev–Trinajstić information content (AvgIpc) is 3.01. The van der Waals surface area contributed by atoms with Crippen molar-refractivity contribution in [2.24, 2.45) is 5.73 Å². The topological polar surface area (TPSA) is 47.3 Å². The fourth-order valence-electron chi connectivity index (χ4n) is 3.67. The number of nitrogens with two attached hydrogens (primary N) is 1. The summed E-state index contributed by atoms with van der Waals surface area (Å²) in [5.74, 6) is 0.759. The highest BCUT2D eigenvalue weighted by molar-refractivity contribution is 5.94. The van der Waals surface area contributed by atoms with E-state index in [1.807, 2.05) is 24.3 Å². The van der Waals surface area contributed by atoms with Crippen molar-refractivity contribution >= 4 is 11.4 Å². The van der Waals surface area contributed by atoms with Gasteiger partial charge in [0.1, 0.15) is 5.70 Å². The summed E-state index contributed by atoms with van der Waals surface area (Å²) in [6.07, 6.45) is 0.918. The van der Waals surface area contributed by atoms with Gasteiger partial charge in [0.2, 0.25) is 0 Å². The summed E-state index contributed by atoms with van der Waals surface area (Å²) in [7, 11) is 0. The van der Waals surface area contributed by atoms with Crippen molar-refractivity contribution in [2.45, 2.75) is 6.42 Å². The number of rotatable bonds is 1. The van der Waals surface area contributed by atoms with Crippen molar-refractivity contribution in [3.8, 4) is 16.9 Å². The predicted octanol–water partition coefficient (Wildman–Crippen LogP) is 3.94. The molecule has 1 aliphatic heterocycles. The van der Waals surface area contributed by atoms with Crippen LogP contribution in [0.15, 0.2) is 66.7 Å². The molecule has 0 spiro atoms. The van der Waals surface area contributed by atoms with Crippen molar-refractivity contribution in [3.63, 3.8) is 0 Å². The quantitative estimate of drug-likeness (QED) is 0.560. The van der Waals surface area contributed by atoms with E-state index in [-0.39, 0.29) is 0 Å². The van der Waals surface area contributed by atoms with Gasteiger partial charge in [0, 0.05) is 11.1 Å². The molecule has 0 saturated carbocycles. The molecule has 3 aromatic carbocycles. The number of hydrogen-bond donors (Lipinski definition) is 2. The van der Waals surface area contributed by atoms with Crippen LogP contribution < -0.4 is 16.1 Å². The van der Waals surface area contributed by atoms with E-state index in [0.717, 1.165) is 34.7 Å². The first kappa shape index (κ1) is 13.3. The minimum absolute atomic E-state index is 0.723. The molecular weight excluding hydrogens is 296 g/mol. The van der Waals surface area contributed by atoms with Crippen LogP contribution in [0.2, 0.25) is 0 Å². The summed E-state index contributed by atoms with van der Waals surface area (Å²) in [5, 5.41) is 0. The Balaban J connectivity index is 1.71. The van der Waals surface area contributed by atoms with E-state index < -0.39 is 0 Å². The summed E-state index contributed by atoms with van der Waals surface area (Å²) in [6, 6.07) is 22.7. The number of para-hydroxylation sites is 1. The Kier molecular flexibility index (Phi) is 2.71. The fraction of sp³-hybridized carbons (Fsp3) is 0.0476. The van der Waals surface area contributed by atoms with Crippen molar-refractivity contribution in [2.75, 3.05) is 0 Å². The van der Waals surface area contributed by atoms with Crippen LogP contribution in [-0.4, -0.2) is 0 Å². The molecule has 0 atom stereocenters. The number of hydrogen-bond acceptors (Lipinski definition) is 3. The maximum absolute atomic E-state index is 6.46. The molecule has 116 valence electrons. The Labute approximate surface area is 140 Å². The van der Waals surface area contributed by atoms with Crippen LogP contribution in [-0.2, 0) is 6.42 Å². The normalized spacial score (nSPS) is 14.3. The van der Waals surface area contributed by atoms with Crippen LogP contribution in [0.25, 0.3) is 22.5 Å². The van der Waals surface area contributed by atoms with E-state index in [1.165, 1.54) is 22.3 Å². The van der Waals surface area contributed by atoms with E-state index >= 15 is 0 Å². The van der Waals surface area contributed by atoms with Gasteiger partial charge in [-0.05, 0) is 40.8 Å². The lowest BCUT2D eigenvalue weighted by atomic mass is 9.96. The zero-order valence-electron chi connectivity index (χ0n) is 13.0. The predicted molar refractivity (Wildman–Crippen MR) is 95.9 cm³/mol. The largest absolute Gasteiger partial charge is 0.396 e. The van der Waals surface area contributed by atoms with Gasteiger partial charge >= 0.3 is 0 Å². The van der Waals surface area contributed by atoms with Gasteiger partial charge < -0.3 is 10.6 Å². The van der Waals surface area contributed by atoms with E-state index in [1.54, 1.807) is 0 Å². The summed E-state index contributed by atoms with van der Waals surface area (Å²) < 4.78 is 0. The molecule has 1 aliphatic carbocycles. The summed E-state index contributed by atoms with van der Waals surface area (Å²) in [6.45, 7) is 0. The Hall–Kier alpha value is -3.20. The van der Waals surface area contributed by atoms with Crippen LogP contribution in [0.3, 0.4) is 0 Å². The standard InChI is InChI=1S/C21H16N2O/c22-20-17-8-3-4-11-19(17)24-23-21(20)16-10-5-9-15-14-7-2-1-6-13(14)12-18(15)16/h1-11,23H,12,22H2. The second kappa shape index (κ2) is 4.90. The lowest BCUT2D eigenvalue weighted by Gasteiger charge is -2.24. The minimum Gasteiger partial charge on any atom is -0.396 e. The molecule has 0 amide bonds. The van der Waals surface area contributed by atoms with E-state index in [0.29, 0.717) is 0 Å². The Morgan fingerprint density at radius 1 is 0.750 bits per heavy atom. The van der Waals surface area contributed by atoms with Crippen molar-refractivity contribution < 1.29 is 4.84 Å². The van der Waals surface area contributed by atoms with Crippen LogP contribution in [0, 0.1) is 0 Å². The van der Waals surface area contributed by atoms with Crippen LogP contribution in [0.5, 0.6) is 5.75 Å². The van der Waals surface area contributed by atoms with Crippen LogP contribution in [0.1, 0.15) is 22.3 Å². The van der Waals surface area contributed by atoms with Crippen molar-refractivity contribution in [1.29, 1.82) is 0 Å². The molecule has 0 unspecified atom stereocenters. The number of nitrogens with one attached hydrogen (secondary N) is 1. The Bertz CT molecular complexity index is 1000. The Morgan fingerprint density at radius 2 is 1.46 bits per heavy atom. The maximum atomic E-state index is 6.46. The van der Waals surface area contributed by atoms with Gasteiger partial charge in [0.15, 0.2) is 5.75 Å². The first-order chi connectivity index (χ1) is 11.8. The van der Waals surface area contributed by atoms with Gasteiger partial charge in [-0.1, -0.05) is 54.6 Å². The Morgan fingerprint density at radius 3 is 2.38 bits per heavy atom. The van der Waals surface area contributed by atoms with E-state index in [2.05, 4.69) is 47.9 Å². The molecule has 3 heteroatoms. The molecule has 5 rings (SSSR count). The lowest BCUT2D eigenvalue weighted by molar-refractivity contribution is 0.248. The molecule has 3 aromatic rings. The molecular formula is C21H16N2O. The summed E-state index contributed by atoms with van der Waals surface area (Å²) >= 11 is 0. The molecule has 3 nitrogen and oxygen atoms in total. The minimum atomic E-state index is 0.723. The number of fused-ring (bicyclic) bond motifs is 4. The lowest BCUT2D eigenvalue weighted by Crippen LogP contribution is -2.26. The third-order valence-corrected chi connectivity index (χ3v) is 4.83. The molecule has 2 aliphatic rings. The van der Waals surface area contributed by atoms with Gasteiger partial charge in [0.05, 0.1) is 5.70 Å². The molecule has 0 radical (unpaired) electrons. The van der Waals surface area contributed by atoms with Crippen molar-refractivity contribution in [1.82, 2.24) is 5.48 Å². The number of hydroxylamine groups is 1. The highest BCUT2D eigenvalue weighted by Crippen LogP contribution is 2.41. The first-order valence-electron chi connectivity index (χ1n) is 8.05. The SMILES string of the molecule is NC1=C(c2cccc3c2Cc2ccccc2-3)NOc2ccccc21. The van der Waals surface area contributed by atoms with Gasteiger partial charge in [-0.15, -0.1) is 0 Å². The third kappa shape index (κ3) is 1.78. The molecule has 3 N–H and O–H groups in total. The maximum Gasteiger partial charge on any atom is 0.164 e. The van der Waals surface area contributed by atoms with Gasteiger partial charge in [-0.2, -0.15) is 0 Å². The second-order valence-corrected chi connectivity index (χ2v) is 6.15. The molecule has 0 bridgehead atoms. The zero-order valence-corrected chi connectivity index (χ0v) is 13.0. The monoisotopic (exact) mass is 312 g/mol. The van der Waals surface area contributed by atoms with Crippen LogP contribution in [0.4, 0.5) is 0 Å². The number of benzene rings is 3. The highest BCUT2D eigenvalue weighted by atomic mass is 16.6. The fourth-order valence-corrected chi connectivity index (χ4v) is 3.67. The summed E-state index contributed by atoms with van der Waals surface area (Å²) in [5.41, 5.74) is 18.4. The average molecular weight is 312 g/mol. The second-order valence-electron chi connectivity index (χ2n) is 6.15. The van der Waals surface area contributed by atoms with Gasteiger partial charge in [-0.3, -0.25) is 0 Å². The third-order valence-electron chi connectivity index (χ3n) is 4.83.